The molecule has 11 heteroatoms. The first-order chi connectivity index (χ1) is 18.6. The van der Waals surface area contributed by atoms with Gasteiger partial charge in [0.25, 0.3) is 0 Å². The number of nitrogens with one attached hydrogen (secondary N) is 1. The van der Waals surface area contributed by atoms with Crippen molar-refractivity contribution in [1.82, 2.24) is 9.97 Å². The zero-order chi connectivity index (χ0) is 27.7. The number of aliphatic hydroxyl groups excluding tert-OH is 1. The zero-order valence-electron chi connectivity index (χ0n) is 21.5. The average Bonchev–Trinajstić information content (AvgIpc) is 3.47. The van der Waals surface area contributed by atoms with Crippen LogP contribution < -0.4 is 10.5 Å². The summed E-state index contributed by atoms with van der Waals surface area (Å²) in [7, 11) is -4.09. The van der Waals surface area contributed by atoms with E-state index in [2.05, 4.69) is 37.5 Å². The number of terminal acetylenes is 1. The summed E-state index contributed by atoms with van der Waals surface area (Å²) in [4.78, 5) is 23.8. The Bertz CT molecular complexity index is 1550. The molecule has 39 heavy (non-hydrogen) atoms. The van der Waals surface area contributed by atoms with Gasteiger partial charge >= 0.3 is 10.3 Å². The molecular weight excluding hydrogens is 536 g/mol. The fourth-order valence-corrected chi connectivity index (χ4v) is 7.09. The van der Waals surface area contributed by atoms with Crippen LogP contribution in [-0.4, -0.2) is 48.0 Å². The van der Waals surface area contributed by atoms with Gasteiger partial charge in [0, 0.05) is 34.5 Å². The van der Waals surface area contributed by atoms with Crippen molar-refractivity contribution in [1.29, 1.82) is 0 Å². The van der Waals surface area contributed by atoms with Crippen LogP contribution in [0.1, 0.15) is 74.0 Å². The van der Waals surface area contributed by atoms with Gasteiger partial charge in [-0.05, 0) is 73.9 Å². The third kappa shape index (κ3) is 6.05. The van der Waals surface area contributed by atoms with Gasteiger partial charge < -0.3 is 10.4 Å². The average molecular weight is 567 g/mol. The van der Waals surface area contributed by atoms with Gasteiger partial charge in [0.05, 0.1) is 23.2 Å². The Hall–Kier alpha value is -3.14. The van der Waals surface area contributed by atoms with E-state index in [4.69, 9.17) is 11.6 Å². The van der Waals surface area contributed by atoms with Crippen LogP contribution in [0.25, 0.3) is 0 Å². The van der Waals surface area contributed by atoms with Gasteiger partial charge in [-0.25, -0.2) is 15.1 Å². The van der Waals surface area contributed by atoms with E-state index in [1.165, 1.54) is 35.0 Å². The standard InChI is InChI=1S/C28H30N4O5S2/c1-3-17-7-8-18-5-4-6-21(23(18)9-17)22-12-26(38-16(22)2)27(34)24-13-30-15-31-28(24)32-20-10-19(25(33)11-20)14-37-39(29,35)36/h1,7-9,12-13,15,19-21,25,33H,4-6,10-11,14H2,2H3,(H2,29,35,36)(H,30,31,32)/t19-,20-,21?,25+/m1/s1. The molecule has 3 aromatic rings. The maximum Gasteiger partial charge on any atom is 0.333 e. The predicted molar refractivity (Wildman–Crippen MR) is 149 cm³/mol. The number of nitrogens with zero attached hydrogens (tertiary/aromatic N) is 2. The number of benzene rings is 1. The maximum atomic E-state index is 13.7. The topological polar surface area (TPSA) is 144 Å². The minimum atomic E-state index is -4.09. The van der Waals surface area contributed by atoms with E-state index in [-0.39, 0.29) is 24.3 Å². The molecule has 5 rings (SSSR count). The monoisotopic (exact) mass is 566 g/mol. The van der Waals surface area contributed by atoms with Crippen LogP contribution in [0.3, 0.4) is 0 Å². The lowest BCUT2D eigenvalue weighted by Crippen LogP contribution is -2.24. The first-order valence-corrected chi connectivity index (χ1v) is 15.1. The smallest absolute Gasteiger partial charge is 0.333 e. The molecule has 1 saturated carbocycles. The molecule has 9 nitrogen and oxygen atoms in total. The molecule has 2 aromatic heterocycles. The minimum Gasteiger partial charge on any atom is -0.393 e. The summed E-state index contributed by atoms with van der Waals surface area (Å²) in [6.07, 6.45) is 11.6. The molecular formula is C28H30N4O5S2. The second kappa shape index (κ2) is 11.2. The van der Waals surface area contributed by atoms with Gasteiger partial charge in [-0.1, -0.05) is 12.0 Å². The number of carbonyl (C=O) groups is 1. The van der Waals surface area contributed by atoms with Crippen molar-refractivity contribution in [3.05, 3.63) is 74.4 Å². The summed E-state index contributed by atoms with van der Waals surface area (Å²) in [5.74, 6) is 2.69. The van der Waals surface area contributed by atoms with E-state index in [1.807, 2.05) is 19.1 Å². The Kier molecular flexibility index (Phi) is 7.84. The summed E-state index contributed by atoms with van der Waals surface area (Å²) in [6.45, 7) is 1.83. The second-order valence-electron chi connectivity index (χ2n) is 10.2. The summed E-state index contributed by atoms with van der Waals surface area (Å²) < 4.78 is 26.9. The molecule has 0 aliphatic heterocycles. The molecule has 204 valence electrons. The van der Waals surface area contributed by atoms with Crippen molar-refractivity contribution in [3.63, 3.8) is 0 Å². The van der Waals surface area contributed by atoms with Crippen LogP contribution in [0, 0.1) is 25.2 Å². The number of thiophene rings is 1. The molecule has 1 unspecified atom stereocenters. The Balaban J connectivity index is 1.36. The number of ketones is 1. The normalized spacial score (nSPS) is 22.7. The van der Waals surface area contributed by atoms with E-state index in [1.54, 1.807) is 0 Å². The molecule has 1 aromatic carbocycles. The fourth-order valence-electron chi connectivity index (χ4n) is 5.68. The van der Waals surface area contributed by atoms with Crippen molar-refractivity contribution in [2.75, 3.05) is 11.9 Å². The highest BCUT2D eigenvalue weighted by Gasteiger charge is 2.35. The highest BCUT2D eigenvalue weighted by atomic mass is 32.2. The lowest BCUT2D eigenvalue weighted by Gasteiger charge is -2.26. The Morgan fingerprint density at radius 1 is 1.31 bits per heavy atom. The van der Waals surface area contributed by atoms with Crippen LogP contribution in [0.5, 0.6) is 0 Å². The number of hydrogen-bond acceptors (Lipinski definition) is 9. The number of aryl methyl sites for hydroxylation is 2. The number of aliphatic hydroxyl groups is 1. The van der Waals surface area contributed by atoms with Crippen LogP contribution >= 0.6 is 11.3 Å². The molecule has 4 atom stereocenters. The maximum absolute atomic E-state index is 13.7. The van der Waals surface area contributed by atoms with Gasteiger partial charge in [0.2, 0.25) is 5.78 Å². The molecule has 0 radical (unpaired) electrons. The molecule has 4 N–H and O–H groups in total. The number of hydrogen-bond donors (Lipinski definition) is 3. The van der Waals surface area contributed by atoms with Crippen LogP contribution in [0.4, 0.5) is 5.82 Å². The highest BCUT2D eigenvalue weighted by molar-refractivity contribution is 7.84. The summed E-state index contributed by atoms with van der Waals surface area (Å²) in [5, 5.41) is 18.5. The number of anilines is 1. The van der Waals surface area contributed by atoms with Crippen molar-refractivity contribution < 1.29 is 22.5 Å². The fraction of sp³-hybridized carbons (Fsp3) is 0.393. The minimum absolute atomic E-state index is 0.181. The van der Waals surface area contributed by atoms with Crippen molar-refractivity contribution in [3.8, 4) is 12.3 Å². The molecule has 0 bridgehead atoms. The van der Waals surface area contributed by atoms with Gasteiger partial charge in [-0.15, -0.1) is 17.8 Å². The third-order valence-electron chi connectivity index (χ3n) is 7.58. The van der Waals surface area contributed by atoms with Crippen molar-refractivity contribution in [2.45, 2.75) is 57.1 Å². The lowest BCUT2D eigenvalue weighted by atomic mass is 9.78. The van der Waals surface area contributed by atoms with E-state index in [0.29, 0.717) is 29.1 Å². The zero-order valence-corrected chi connectivity index (χ0v) is 23.1. The Labute approximate surface area is 232 Å². The molecule has 2 aliphatic carbocycles. The van der Waals surface area contributed by atoms with E-state index in [9.17, 15) is 18.3 Å². The highest BCUT2D eigenvalue weighted by Crippen LogP contribution is 2.41. The van der Waals surface area contributed by atoms with Gasteiger partial charge in [0.1, 0.15) is 12.1 Å². The number of fused-ring (bicyclic) bond motifs is 1. The molecule has 1 fully saturated rings. The molecule has 2 heterocycles. The van der Waals surface area contributed by atoms with Crippen LogP contribution in [-0.2, 0) is 20.9 Å². The summed E-state index contributed by atoms with van der Waals surface area (Å²) in [5.41, 5.74) is 4.88. The third-order valence-corrected chi connectivity index (χ3v) is 9.11. The van der Waals surface area contributed by atoms with Crippen LogP contribution in [0.2, 0.25) is 0 Å². The largest absolute Gasteiger partial charge is 0.393 e. The molecule has 0 spiro atoms. The van der Waals surface area contributed by atoms with Crippen molar-refractivity contribution >= 4 is 33.2 Å². The second-order valence-corrected chi connectivity index (χ2v) is 12.6. The van der Waals surface area contributed by atoms with Gasteiger partial charge in [-0.2, -0.15) is 8.42 Å². The predicted octanol–water partition coefficient (Wildman–Crippen LogP) is 3.30. The number of rotatable bonds is 8. The van der Waals surface area contributed by atoms with Gasteiger partial charge in [-0.3, -0.25) is 8.98 Å². The first kappa shape index (κ1) is 27.4. The number of aromatic nitrogens is 2. The van der Waals surface area contributed by atoms with E-state index < -0.39 is 22.3 Å². The lowest BCUT2D eigenvalue weighted by molar-refractivity contribution is 0.101. The molecule has 0 amide bonds. The van der Waals surface area contributed by atoms with E-state index in [0.717, 1.165) is 35.3 Å². The molecule has 0 saturated heterocycles. The van der Waals surface area contributed by atoms with Crippen molar-refractivity contribution in [2.24, 2.45) is 11.1 Å². The van der Waals surface area contributed by atoms with Crippen LogP contribution in [0.15, 0.2) is 36.8 Å². The SMILES string of the molecule is C#Cc1ccc2c(c1)C(c1cc(C(=O)c3cncnc3N[C@@H]3C[C@H](COS(N)(=O)=O)[C@@H](O)C3)sc1C)CCC2. The number of carbonyl (C=O) groups excluding carboxylic acids is 1. The first-order valence-electron chi connectivity index (χ1n) is 12.8. The molecule has 2 aliphatic rings. The van der Waals surface area contributed by atoms with E-state index >= 15 is 0 Å². The number of nitrogens with two attached hydrogens (primary N) is 1. The quantitative estimate of drug-likeness (QED) is 0.278. The summed E-state index contributed by atoms with van der Waals surface area (Å²) >= 11 is 1.46. The Morgan fingerprint density at radius 3 is 2.90 bits per heavy atom. The summed E-state index contributed by atoms with van der Waals surface area (Å²) in [6, 6.07) is 7.96. The van der Waals surface area contributed by atoms with Gasteiger partial charge in [0.15, 0.2) is 0 Å². The Morgan fingerprint density at radius 2 is 2.13 bits per heavy atom.